The molecule has 2 aromatic carbocycles. The molecule has 0 aliphatic rings. The Morgan fingerprint density at radius 3 is 2.89 bits per heavy atom. The number of carbonyl (C=O) groups is 1. The number of nitrogens with one attached hydrogen (secondary N) is 2. The normalized spacial score (nSPS) is 11.1. The van der Waals surface area contributed by atoms with Crippen LogP contribution >= 0.6 is 0 Å². The fourth-order valence-electron chi connectivity index (χ4n) is 4.07. The summed E-state index contributed by atoms with van der Waals surface area (Å²) in [7, 11) is 1.57. The molecule has 5 aromatic rings. The van der Waals surface area contributed by atoms with Crippen LogP contribution in [-0.4, -0.2) is 54.4 Å². The van der Waals surface area contributed by atoms with Crippen molar-refractivity contribution in [3.63, 3.8) is 0 Å². The Kier molecular flexibility index (Phi) is 6.31. The van der Waals surface area contributed by atoms with Crippen LogP contribution in [0.2, 0.25) is 0 Å². The van der Waals surface area contributed by atoms with Crippen molar-refractivity contribution in [2.75, 3.05) is 13.7 Å². The molecule has 3 N–H and O–H groups in total. The van der Waals surface area contributed by atoms with Crippen molar-refractivity contribution in [3.8, 4) is 34.1 Å². The smallest absolute Gasteiger partial charge is 0.251 e. The monoisotopic (exact) mass is 483 g/mol. The van der Waals surface area contributed by atoms with Crippen LogP contribution in [0.25, 0.3) is 33.5 Å². The molecule has 1 amide bonds. The number of pyridine rings is 1. The highest BCUT2D eigenvalue weighted by Gasteiger charge is 2.15. The minimum Gasteiger partial charge on any atom is -0.507 e. The summed E-state index contributed by atoms with van der Waals surface area (Å²) in [5.74, 6) is 1.70. The van der Waals surface area contributed by atoms with E-state index in [1.165, 1.54) is 0 Å². The predicted octanol–water partition coefficient (Wildman–Crippen LogP) is 3.59. The summed E-state index contributed by atoms with van der Waals surface area (Å²) in [4.78, 5) is 24.8. The number of hydrogen-bond acceptors (Lipinski definition) is 7. The number of H-pyrrole nitrogens is 1. The Hall–Kier alpha value is -4.73. The molecule has 0 unspecified atom stereocenters. The predicted molar refractivity (Wildman–Crippen MR) is 135 cm³/mol. The molecule has 0 atom stereocenters. The Morgan fingerprint density at radius 2 is 2.06 bits per heavy atom. The van der Waals surface area contributed by atoms with E-state index in [0.29, 0.717) is 46.8 Å². The molecule has 0 radical (unpaired) electrons. The van der Waals surface area contributed by atoms with Crippen molar-refractivity contribution in [3.05, 3.63) is 72.4 Å². The number of aromatic hydroxyl groups is 1. The molecule has 5 rings (SSSR count). The van der Waals surface area contributed by atoms with E-state index in [0.717, 1.165) is 23.5 Å². The van der Waals surface area contributed by atoms with Gasteiger partial charge in [0.2, 0.25) is 5.88 Å². The summed E-state index contributed by atoms with van der Waals surface area (Å²) < 4.78 is 7.32. The van der Waals surface area contributed by atoms with Gasteiger partial charge in [-0.25, -0.2) is 9.97 Å². The fraction of sp³-hybridized carbons (Fsp3) is 0.192. The van der Waals surface area contributed by atoms with Gasteiger partial charge in [-0.15, -0.1) is 10.2 Å². The highest BCUT2D eigenvalue weighted by Crippen LogP contribution is 2.35. The van der Waals surface area contributed by atoms with Gasteiger partial charge in [-0.3, -0.25) is 4.79 Å². The quantitative estimate of drug-likeness (QED) is 0.307. The van der Waals surface area contributed by atoms with Gasteiger partial charge < -0.3 is 24.7 Å². The van der Waals surface area contributed by atoms with E-state index in [-0.39, 0.29) is 11.7 Å². The van der Waals surface area contributed by atoms with Crippen molar-refractivity contribution in [2.45, 2.75) is 19.9 Å². The molecule has 0 bridgehead atoms. The molecule has 36 heavy (non-hydrogen) atoms. The molecule has 0 aliphatic heterocycles. The van der Waals surface area contributed by atoms with Gasteiger partial charge in [0, 0.05) is 36.8 Å². The molecule has 0 aliphatic carbocycles. The highest BCUT2D eigenvalue weighted by atomic mass is 16.5. The van der Waals surface area contributed by atoms with Crippen molar-refractivity contribution in [1.82, 2.24) is 35.0 Å². The summed E-state index contributed by atoms with van der Waals surface area (Å²) >= 11 is 0. The summed E-state index contributed by atoms with van der Waals surface area (Å²) in [5.41, 5.74) is 4.03. The van der Waals surface area contributed by atoms with E-state index in [1.807, 2.05) is 29.7 Å². The second-order valence-corrected chi connectivity index (χ2v) is 8.15. The number of aromatic nitrogens is 6. The van der Waals surface area contributed by atoms with Crippen molar-refractivity contribution < 1.29 is 14.6 Å². The van der Waals surface area contributed by atoms with Crippen LogP contribution in [0, 0.1) is 0 Å². The number of aryl methyl sites for hydroxylation is 1. The van der Waals surface area contributed by atoms with Crippen molar-refractivity contribution in [1.29, 1.82) is 0 Å². The lowest BCUT2D eigenvalue weighted by Crippen LogP contribution is -2.26. The van der Waals surface area contributed by atoms with E-state index in [9.17, 15) is 9.90 Å². The number of benzene rings is 2. The lowest BCUT2D eigenvalue weighted by atomic mass is 10.0. The number of phenolic OH excluding ortho intramolecular Hbond substituents is 1. The fourth-order valence-corrected chi connectivity index (χ4v) is 4.07. The number of phenols is 1. The maximum Gasteiger partial charge on any atom is 0.251 e. The largest absolute Gasteiger partial charge is 0.507 e. The number of ether oxygens (including phenoxy) is 1. The van der Waals surface area contributed by atoms with Gasteiger partial charge in [-0.05, 0) is 55.0 Å². The number of rotatable bonds is 8. The second kappa shape index (κ2) is 9.87. The second-order valence-electron chi connectivity index (χ2n) is 8.15. The van der Waals surface area contributed by atoms with Crippen LogP contribution in [0.5, 0.6) is 11.6 Å². The third-order valence-corrected chi connectivity index (χ3v) is 5.94. The van der Waals surface area contributed by atoms with E-state index in [2.05, 4.69) is 30.5 Å². The van der Waals surface area contributed by atoms with Crippen LogP contribution in [0.3, 0.4) is 0 Å². The Labute approximate surface area is 207 Å². The number of amides is 1. The van der Waals surface area contributed by atoms with E-state index >= 15 is 0 Å². The van der Waals surface area contributed by atoms with E-state index in [4.69, 9.17) is 4.74 Å². The first kappa shape index (κ1) is 23.0. The maximum absolute atomic E-state index is 12.7. The van der Waals surface area contributed by atoms with E-state index < -0.39 is 0 Å². The highest BCUT2D eigenvalue weighted by molar-refractivity contribution is 5.97. The SMILES string of the molecule is CCn1cnnc1CCNC(=O)c1ccc2nc(-c3cc(-c4cccnc4OC)ccc3O)[nH]c2c1. The van der Waals surface area contributed by atoms with Gasteiger partial charge in [0.05, 0.1) is 23.7 Å². The van der Waals surface area contributed by atoms with Crippen LogP contribution in [0.1, 0.15) is 23.1 Å². The number of fused-ring (bicyclic) bond motifs is 1. The van der Waals surface area contributed by atoms with Gasteiger partial charge in [0.15, 0.2) is 0 Å². The standard InChI is InChI=1S/C26H25N7O3/c1-3-33-15-29-32-23(33)10-12-27-25(35)17-6-8-20-21(14-17)31-24(30-20)19-13-16(7-9-22(19)34)18-5-4-11-28-26(18)36-2/h4-9,11,13-15,34H,3,10,12H2,1-2H3,(H,27,35)(H,30,31). The number of imidazole rings is 1. The molecule has 0 spiro atoms. The topological polar surface area (TPSA) is 131 Å². The third-order valence-electron chi connectivity index (χ3n) is 5.94. The first-order chi connectivity index (χ1) is 17.6. The van der Waals surface area contributed by atoms with Crippen LogP contribution in [0.15, 0.2) is 61.1 Å². The zero-order valence-corrected chi connectivity index (χ0v) is 19.9. The Bertz CT molecular complexity index is 1540. The first-order valence-electron chi connectivity index (χ1n) is 11.5. The average molecular weight is 484 g/mol. The zero-order valence-electron chi connectivity index (χ0n) is 19.9. The van der Waals surface area contributed by atoms with Crippen molar-refractivity contribution in [2.24, 2.45) is 0 Å². The average Bonchev–Trinajstić information content (AvgIpc) is 3.55. The van der Waals surface area contributed by atoms with Gasteiger partial charge in [0.25, 0.3) is 5.91 Å². The maximum atomic E-state index is 12.7. The Balaban J connectivity index is 1.37. The number of hydrogen-bond donors (Lipinski definition) is 3. The summed E-state index contributed by atoms with van der Waals surface area (Å²) in [6.45, 7) is 3.25. The van der Waals surface area contributed by atoms with Crippen LogP contribution < -0.4 is 10.1 Å². The lowest BCUT2D eigenvalue weighted by molar-refractivity contribution is 0.0954. The van der Waals surface area contributed by atoms with Crippen LogP contribution in [0.4, 0.5) is 0 Å². The van der Waals surface area contributed by atoms with Gasteiger partial charge in [0.1, 0.15) is 23.7 Å². The summed E-state index contributed by atoms with van der Waals surface area (Å²) in [5, 5.41) is 21.5. The minimum atomic E-state index is -0.191. The van der Waals surface area contributed by atoms with E-state index in [1.54, 1.807) is 50.0 Å². The zero-order chi connectivity index (χ0) is 25.1. The Morgan fingerprint density at radius 1 is 1.17 bits per heavy atom. The number of carbonyl (C=O) groups excluding carboxylic acids is 1. The molecule has 10 heteroatoms. The molecule has 10 nitrogen and oxygen atoms in total. The van der Waals surface area contributed by atoms with Gasteiger partial charge >= 0.3 is 0 Å². The molecule has 182 valence electrons. The van der Waals surface area contributed by atoms with Crippen molar-refractivity contribution >= 4 is 16.9 Å². The number of aromatic amines is 1. The summed E-state index contributed by atoms with van der Waals surface area (Å²) in [6.07, 6.45) is 3.93. The van der Waals surface area contributed by atoms with Gasteiger partial charge in [-0.2, -0.15) is 0 Å². The third kappa shape index (κ3) is 4.48. The van der Waals surface area contributed by atoms with Crippen LogP contribution in [-0.2, 0) is 13.0 Å². The molecule has 3 aromatic heterocycles. The molecular formula is C26H25N7O3. The minimum absolute atomic E-state index is 0.0820. The molecule has 0 saturated carbocycles. The molecular weight excluding hydrogens is 458 g/mol. The summed E-state index contributed by atoms with van der Waals surface area (Å²) in [6, 6.07) is 14.2. The first-order valence-corrected chi connectivity index (χ1v) is 11.5. The lowest BCUT2D eigenvalue weighted by Gasteiger charge is -2.09. The number of nitrogens with zero attached hydrogens (tertiary/aromatic N) is 5. The molecule has 0 fully saturated rings. The van der Waals surface area contributed by atoms with Gasteiger partial charge in [-0.1, -0.05) is 6.07 Å². The number of methoxy groups -OCH3 is 1. The molecule has 3 heterocycles. The molecule has 0 saturated heterocycles.